The summed E-state index contributed by atoms with van der Waals surface area (Å²) >= 11 is 0. The summed E-state index contributed by atoms with van der Waals surface area (Å²) in [5, 5.41) is 13.2. The number of nitrogens with one attached hydrogen (secondary N) is 1. The average Bonchev–Trinajstić information content (AvgIpc) is 3.08. The van der Waals surface area contributed by atoms with Crippen LogP contribution in [-0.2, 0) is 46.9 Å². The first-order valence-corrected chi connectivity index (χ1v) is 12.5. The van der Waals surface area contributed by atoms with E-state index in [9.17, 15) is 9.00 Å². The Hall–Kier alpha value is -2.47. The second-order valence-corrected chi connectivity index (χ2v) is 10.6. The van der Waals surface area contributed by atoms with Crippen molar-refractivity contribution in [1.82, 2.24) is 14.7 Å². The van der Waals surface area contributed by atoms with Gasteiger partial charge < -0.3 is 14.8 Å². The smallest absolute Gasteiger partial charge is 0.354 e. The number of hydrogen-bond acceptors (Lipinski definition) is 6. The van der Waals surface area contributed by atoms with E-state index in [2.05, 4.69) is 25.7 Å². The Morgan fingerprint density at radius 2 is 1.97 bits per heavy atom. The number of carbonyl (C=O) groups excluding carboxylic acids is 1. The van der Waals surface area contributed by atoms with Gasteiger partial charge in [-0.05, 0) is 47.9 Å². The third kappa shape index (κ3) is 3.14. The SMILES string of the molecule is COC1CN(C2COc3c(S(N)(=O)=NC(=O)Nc4c5c(cc6c4CC6)CC5)cnn3C2)C1. The average molecular weight is 459 g/mol. The van der Waals surface area contributed by atoms with Crippen LogP contribution in [0.15, 0.2) is 21.5 Å². The van der Waals surface area contributed by atoms with Crippen molar-refractivity contribution in [2.45, 2.75) is 49.3 Å². The van der Waals surface area contributed by atoms with Crippen LogP contribution < -0.4 is 15.2 Å². The van der Waals surface area contributed by atoms with Gasteiger partial charge in [-0.1, -0.05) is 6.07 Å². The minimum atomic E-state index is -3.51. The van der Waals surface area contributed by atoms with Crippen molar-refractivity contribution in [3.63, 3.8) is 0 Å². The predicted molar refractivity (Wildman–Crippen MR) is 117 cm³/mol. The zero-order valence-corrected chi connectivity index (χ0v) is 18.7. The van der Waals surface area contributed by atoms with Crippen molar-refractivity contribution in [3.05, 3.63) is 34.5 Å². The maximum atomic E-state index is 13.2. The molecule has 1 aromatic carbocycles. The minimum Gasteiger partial charge on any atom is -0.475 e. The lowest BCUT2D eigenvalue weighted by atomic mass is 9.76. The first-order valence-electron chi connectivity index (χ1n) is 10.9. The largest absolute Gasteiger partial charge is 0.475 e. The lowest BCUT2D eigenvalue weighted by Crippen LogP contribution is -2.59. The molecule has 4 aliphatic rings. The van der Waals surface area contributed by atoms with Crippen LogP contribution in [0.3, 0.4) is 0 Å². The van der Waals surface area contributed by atoms with Gasteiger partial charge in [0.2, 0.25) is 5.88 Å². The van der Waals surface area contributed by atoms with Gasteiger partial charge in [0.05, 0.1) is 24.9 Å². The predicted octanol–water partition coefficient (Wildman–Crippen LogP) is 1.10. The number of benzene rings is 1. The molecule has 2 atom stereocenters. The summed E-state index contributed by atoms with van der Waals surface area (Å²) in [6.45, 7) is 2.73. The molecule has 2 aromatic rings. The third-order valence-corrected chi connectivity index (χ3v) is 8.41. The molecule has 170 valence electrons. The molecule has 3 heterocycles. The highest BCUT2D eigenvalue weighted by atomic mass is 32.2. The highest BCUT2D eigenvalue weighted by molar-refractivity contribution is 7.91. The molecule has 3 N–H and O–H groups in total. The van der Waals surface area contributed by atoms with E-state index in [1.165, 1.54) is 17.3 Å². The molecule has 0 spiro atoms. The number of aromatic nitrogens is 2. The van der Waals surface area contributed by atoms with Gasteiger partial charge in [-0.3, -0.25) is 4.90 Å². The molecule has 6 rings (SSSR count). The van der Waals surface area contributed by atoms with Crippen LogP contribution in [0.1, 0.15) is 22.3 Å². The topological polar surface area (TPSA) is 124 Å². The van der Waals surface area contributed by atoms with Gasteiger partial charge in [-0.25, -0.2) is 18.8 Å². The molecule has 2 amide bonds. The summed E-state index contributed by atoms with van der Waals surface area (Å²) in [5.41, 5.74) is 5.71. The van der Waals surface area contributed by atoms with Gasteiger partial charge in [-0.2, -0.15) is 5.10 Å². The number of methoxy groups -OCH3 is 1. The minimum absolute atomic E-state index is 0.151. The van der Waals surface area contributed by atoms with Gasteiger partial charge in [-0.15, -0.1) is 4.36 Å². The number of rotatable bonds is 4. The molecule has 2 aliphatic heterocycles. The summed E-state index contributed by atoms with van der Waals surface area (Å²) in [6, 6.07) is 1.69. The molecule has 0 radical (unpaired) electrons. The van der Waals surface area contributed by atoms with Crippen LogP contribution in [0.4, 0.5) is 10.5 Å². The van der Waals surface area contributed by atoms with E-state index in [0.29, 0.717) is 19.0 Å². The number of anilines is 1. The number of nitrogens with two attached hydrogens (primary N) is 1. The van der Waals surface area contributed by atoms with Crippen LogP contribution in [0.25, 0.3) is 0 Å². The fraction of sp³-hybridized carbons (Fsp3) is 0.524. The number of fused-ring (bicyclic) bond motifs is 3. The van der Waals surface area contributed by atoms with Gasteiger partial charge in [0.25, 0.3) is 0 Å². The first-order chi connectivity index (χ1) is 15.4. The second kappa shape index (κ2) is 7.27. The molecule has 11 heteroatoms. The molecular formula is C21H26N6O4S. The van der Waals surface area contributed by atoms with E-state index in [4.69, 9.17) is 14.6 Å². The molecule has 0 bridgehead atoms. The van der Waals surface area contributed by atoms with E-state index in [0.717, 1.165) is 55.6 Å². The Balaban J connectivity index is 1.21. The number of hydrogen-bond donors (Lipinski definition) is 2. The molecule has 2 unspecified atom stereocenters. The van der Waals surface area contributed by atoms with Crippen LogP contribution in [0, 0.1) is 0 Å². The highest BCUT2D eigenvalue weighted by Gasteiger charge is 2.37. The summed E-state index contributed by atoms with van der Waals surface area (Å²) < 4.78 is 29.9. The number of aryl methyl sites for hydroxylation is 2. The van der Waals surface area contributed by atoms with Gasteiger partial charge >= 0.3 is 6.03 Å². The van der Waals surface area contributed by atoms with Crippen molar-refractivity contribution >= 4 is 21.6 Å². The van der Waals surface area contributed by atoms with Crippen LogP contribution in [0.5, 0.6) is 5.88 Å². The fourth-order valence-electron chi connectivity index (χ4n) is 4.92. The molecular weight excluding hydrogens is 432 g/mol. The lowest BCUT2D eigenvalue weighted by molar-refractivity contribution is -0.0687. The van der Waals surface area contributed by atoms with E-state index >= 15 is 0 Å². The summed E-state index contributed by atoms with van der Waals surface area (Å²) in [5.74, 6) is 0.321. The molecule has 10 nitrogen and oxygen atoms in total. The van der Waals surface area contributed by atoms with Crippen molar-refractivity contribution < 1.29 is 18.5 Å². The van der Waals surface area contributed by atoms with E-state index < -0.39 is 15.9 Å². The van der Waals surface area contributed by atoms with Gasteiger partial charge in [0.15, 0.2) is 9.92 Å². The quantitative estimate of drug-likeness (QED) is 0.707. The van der Waals surface area contributed by atoms with Crippen molar-refractivity contribution in [1.29, 1.82) is 0 Å². The van der Waals surface area contributed by atoms with Crippen LogP contribution in [-0.4, -0.2) is 63.9 Å². The molecule has 1 saturated heterocycles. The molecule has 1 aromatic heterocycles. The molecule has 1 fully saturated rings. The van der Waals surface area contributed by atoms with Gasteiger partial charge in [0.1, 0.15) is 11.5 Å². The Labute approximate surface area is 186 Å². The van der Waals surface area contributed by atoms with Gasteiger partial charge in [0, 0.05) is 25.9 Å². The van der Waals surface area contributed by atoms with E-state index in [-0.39, 0.29) is 17.0 Å². The number of likely N-dealkylation sites (tertiary alicyclic amines) is 1. The number of carbonyl (C=O) groups is 1. The van der Waals surface area contributed by atoms with Crippen molar-refractivity contribution in [2.24, 2.45) is 9.50 Å². The Kier molecular flexibility index (Phi) is 4.58. The first kappa shape index (κ1) is 20.2. The number of nitrogens with zero attached hydrogens (tertiary/aromatic N) is 4. The zero-order valence-electron chi connectivity index (χ0n) is 17.9. The maximum Gasteiger partial charge on any atom is 0.354 e. The number of ether oxygens (including phenoxy) is 2. The van der Waals surface area contributed by atoms with Crippen LogP contribution >= 0.6 is 0 Å². The molecule has 32 heavy (non-hydrogen) atoms. The molecule has 2 aliphatic carbocycles. The summed E-state index contributed by atoms with van der Waals surface area (Å²) in [4.78, 5) is 15.1. The molecule has 0 saturated carbocycles. The highest BCUT2D eigenvalue weighted by Crippen LogP contribution is 2.41. The number of amides is 2. The zero-order chi connectivity index (χ0) is 22.0. The van der Waals surface area contributed by atoms with E-state index in [1.54, 1.807) is 11.8 Å². The number of urea groups is 1. The normalized spacial score (nSPS) is 23.2. The van der Waals surface area contributed by atoms with Crippen LogP contribution in [0.2, 0.25) is 0 Å². The maximum absolute atomic E-state index is 13.2. The second-order valence-electron chi connectivity index (χ2n) is 8.89. The fourth-order valence-corrected chi connectivity index (χ4v) is 5.93. The third-order valence-electron chi connectivity index (χ3n) is 7.06. The Morgan fingerprint density at radius 3 is 2.59 bits per heavy atom. The Bertz CT molecular complexity index is 1210. The standard InChI is InChI=1S/C21H26N6O4S/c1-30-15-9-26(10-15)14-8-27-20(31-11-14)18(7-23-27)32(22,29)25-21(28)24-19-16-4-2-12(16)6-13-3-5-17(13)19/h6-7,14-15H,2-5,8-11H2,1H3,(H3,22,24,25,28,29). The summed E-state index contributed by atoms with van der Waals surface area (Å²) in [6.07, 6.45) is 5.58. The summed E-state index contributed by atoms with van der Waals surface area (Å²) in [7, 11) is -1.80. The Morgan fingerprint density at radius 1 is 1.25 bits per heavy atom. The van der Waals surface area contributed by atoms with Crippen molar-refractivity contribution in [3.8, 4) is 5.88 Å². The van der Waals surface area contributed by atoms with Crippen molar-refractivity contribution in [2.75, 3.05) is 32.1 Å². The monoisotopic (exact) mass is 458 g/mol. The van der Waals surface area contributed by atoms with E-state index in [1.807, 2.05) is 0 Å². The lowest BCUT2D eigenvalue weighted by Gasteiger charge is -2.44.